The molecule has 2 atom stereocenters. The van der Waals surface area contributed by atoms with Gasteiger partial charge in [-0.2, -0.15) is 0 Å². The molecule has 1 aliphatic heterocycles. The molecule has 10 nitrogen and oxygen atoms in total. The van der Waals surface area contributed by atoms with E-state index < -0.39 is 11.7 Å². The SMILES string of the molecule is CC(C)(C)OC(=O)NC1CC(CO)N(c2cc(Br)ccc2NC=O)C1.COc1cccc(F)c1-c1nccc(C)n1. The van der Waals surface area contributed by atoms with Crippen molar-refractivity contribution >= 4 is 39.8 Å². The molecule has 0 spiro atoms. The summed E-state index contributed by atoms with van der Waals surface area (Å²) in [7, 11) is 1.49. The molecule has 0 saturated carbocycles. The van der Waals surface area contributed by atoms with Gasteiger partial charge in [-0.1, -0.05) is 22.0 Å². The third-order valence-electron chi connectivity index (χ3n) is 6.04. The van der Waals surface area contributed by atoms with Gasteiger partial charge in [0.2, 0.25) is 6.41 Å². The van der Waals surface area contributed by atoms with E-state index >= 15 is 0 Å². The number of benzene rings is 2. The Hall–Kier alpha value is -3.77. The van der Waals surface area contributed by atoms with Crippen molar-refractivity contribution in [2.75, 3.05) is 30.5 Å². The number of amides is 2. The Kier molecular flexibility index (Phi) is 11.0. The molecule has 41 heavy (non-hydrogen) atoms. The minimum Gasteiger partial charge on any atom is -0.496 e. The maximum atomic E-state index is 13.7. The molecule has 2 amide bonds. The van der Waals surface area contributed by atoms with E-state index in [0.29, 0.717) is 42.2 Å². The summed E-state index contributed by atoms with van der Waals surface area (Å²) in [5.74, 6) is 0.394. The number of rotatable bonds is 7. The number of aliphatic hydroxyl groups is 1. The number of aryl methyl sites for hydroxylation is 1. The van der Waals surface area contributed by atoms with Gasteiger partial charge in [-0.3, -0.25) is 4.79 Å². The Morgan fingerprint density at radius 3 is 2.66 bits per heavy atom. The zero-order valence-corrected chi connectivity index (χ0v) is 25.2. The van der Waals surface area contributed by atoms with Gasteiger partial charge in [0.1, 0.15) is 17.2 Å². The van der Waals surface area contributed by atoms with Gasteiger partial charge in [0, 0.05) is 22.9 Å². The maximum Gasteiger partial charge on any atom is 0.407 e. The molecule has 1 saturated heterocycles. The molecule has 0 radical (unpaired) electrons. The molecule has 0 aliphatic carbocycles. The van der Waals surface area contributed by atoms with Crippen LogP contribution in [0.3, 0.4) is 0 Å². The van der Waals surface area contributed by atoms with Crippen molar-refractivity contribution in [1.82, 2.24) is 15.3 Å². The number of carbonyl (C=O) groups excluding carboxylic acids is 2. The van der Waals surface area contributed by atoms with Crippen molar-refractivity contribution < 1.29 is 28.6 Å². The van der Waals surface area contributed by atoms with Gasteiger partial charge in [0.25, 0.3) is 0 Å². The smallest absolute Gasteiger partial charge is 0.407 e. The number of hydrogen-bond acceptors (Lipinski definition) is 8. The molecule has 2 unspecified atom stereocenters. The highest BCUT2D eigenvalue weighted by molar-refractivity contribution is 9.10. The Morgan fingerprint density at radius 2 is 2.02 bits per heavy atom. The molecule has 1 fully saturated rings. The van der Waals surface area contributed by atoms with E-state index in [1.165, 1.54) is 13.2 Å². The van der Waals surface area contributed by atoms with Crippen LogP contribution in [0.4, 0.5) is 20.6 Å². The van der Waals surface area contributed by atoms with Crippen molar-refractivity contribution in [1.29, 1.82) is 0 Å². The molecule has 3 aromatic rings. The van der Waals surface area contributed by atoms with Crippen LogP contribution in [0.15, 0.2) is 53.1 Å². The maximum absolute atomic E-state index is 13.7. The van der Waals surface area contributed by atoms with E-state index in [9.17, 15) is 19.1 Å². The summed E-state index contributed by atoms with van der Waals surface area (Å²) >= 11 is 3.43. The Morgan fingerprint density at radius 1 is 1.27 bits per heavy atom. The summed E-state index contributed by atoms with van der Waals surface area (Å²) in [5.41, 5.74) is 1.96. The first-order valence-electron chi connectivity index (χ1n) is 12.9. The van der Waals surface area contributed by atoms with Crippen LogP contribution in [-0.4, -0.2) is 65.5 Å². The summed E-state index contributed by atoms with van der Waals surface area (Å²) in [6.45, 7) is 7.71. The van der Waals surface area contributed by atoms with Gasteiger partial charge >= 0.3 is 6.09 Å². The van der Waals surface area contributed by atoms with Gasteiger partial charge < -0.3 is 30.1 Å². The number of nitrogens with one attached hydrogen (secondary N) is 2. The molecule has 3 N–H and O–H groups in total. The topological polar surface area (TPSA) is 126 Å². The lowest BCUT2D eigenvalue weighted by Crippen LogP contribution is -2.40. The molecular weight excluding hydrogens is 597 g/mol. The van der Waals surface area contributed by atoms with Crippen LogP contribution in [0.5, 0.6) is 5.75 Å². The second-order valence-electron chi connectivity index (χ2n) is 10.3. The third kappa shape index (κ3) is 8.86. The van der Waals surface area contributed by atoms with Crippen LogP contribution in [0.25, 0.3) is 11.4 Å². The highest BCUT2D eigenvalue weighted by Gasteiger charge is 2.34. The molecule has 2 aromatic carbocycles. The summed E-state index contributed by atoms with van der Waals surface area (Å²) in [5, 5.41) is 15.3. The second-order valence-corrected chi connectivity index (χ2v) is 11.2. The molecule has 2 heterocycles. The summed E-state index contributed by atoms with van der Waals surface area (Å²) < 4.78 is 24.9. The first-order valence-corrected chi connectivity index (χ1v) is 13.7. The minimum atomic E-state index is -0.565. The highest BCUT2D eigenvalue weighted by Crippen LogP contribution is 2.34. The largest absolute Gasteiger partial charge is 0.496 e. The van der Waals surface area contributed by atoms with Crippen LogP contribution in [-0.2, 0) is 9.53 Å². The van der Waals surface area contributed by atoms with Gasteiger partial charge in [-0.15, -0.1) is 0 Å². The number of hydrogen-bond donors (Lipinski definition) is 3. The fourth-order valence-corrected chi connectivity index (χ4v) is 4.70. The normalized spacial score (nSPS) is 16.3. The fourth-order valence-electron chi connectivity index (χ4n) is 4.35. The van der Waals surface area contributed by atoms with Crippen molar-refractivity contribution in [2.45, 2.75) is 51.8 Å². The number of aromatic nitrogens is 2. The average Bonchev–Trinajstić information content (AvgIpc) is 3.31. The van der Waals surface area contributed by atoms with Crippen molar-refractivity contribution in [2.24, 2.45) is 0 Å². The molecule has 12 heteroatoms. The molecule has 4 rings (SSSR count). The number of ether oxygens (including phenoxy) is 2. The number of methoxy groups -OCH3 is 1. The van der Waals surface area contributed by atoms with Crippen molar-refractivity contribution in [3.63, 3.8) is 0 Å². The monoisotopic (exact) mass is 631 g/mol. The number of aliphatic hydroxyl groups excluding tert-OH is 1. The number of anilines is 2. The molecule has 0 bridgehead atoms. The standard InChI is InChI=1S/C17H24BrN3O4.C12H11FN2O/c1-17(2,3)25-16(24)20-12-7-13(9-22)21(8-12)15-6-11(18)4-5-14(15)19-10-23;1-8-6-7-14-12(15-8)11-9(13)4-3-5-10(11)16-2/h4-6,10,12-13,22H,7-9H2,1-3H3,(H,19,23)(H,20,24);3-7H,1-2H3. The van der Waals surface area contributed by atoms with Crippen molar-refractivity contribution in [3.8, 4) is 17.1 Å². The fraction of sp³-hybridized carbons (Fsp3) is 0.379. The van der Waals surface area contributed by atoms with Crippen LogP contribution in [0.2, 0.25) is 0 Å². The lowest BCUT2D eigenvalue weighted by atomic mass is 10.1. The van der Waals surface area contributed by atoms with E-state index in [1.54, 1.807) is 30.5 Å². The zero-order valence-electron chi connectivity index (χ0n) is 23.6. The number of halogens is 2. The predicted molar refractivity (Wildman–Crippen MR) is 159 cm³/mol. The van der Waals surface area contributed by atoms with Gasteiger partial charge in [-0.05, 0) is 70.5 Å². The Bertz CT molecular complexity index is 1350. The summed E-state index contributed by atoms with van der Waals surface area (Å²) in [4.78, 5) is 33.1. The average molecular weight is 633 g/mol. The van der Waals surface area contributed by atoms with Gasteiger partial charge in [0.15, 0.2) is 5.82 Å². The van der Waals surface area contributed by atoms with Crippen LogP contribution < -0.4 is 20.3 Å². The van der Waals surface area contributed by atoms with Crippen LogP contribution >= 0.6 is 15.9 Å². The number of carbonyl (C=O) groups is 2. The molecule has 1 aromatic heterocycles. The molecule has 1 aliphatic rings. The summed E-state index contributed by atoms with van der Waals surface area (Å²) in [6.07, 6.45) is 2.33. The quantitative estimate of drug-likeness (QED) is 0.308. The van der Waals surface area contributed by atoms with Crippen molar-refractivity contribution in [3.05, 3.63) is 64.6 Å². The molecule has 220 valence electrons. The lowest BCUT2D eigenvalue weighted by Gasteiger charge is -2.27. The second kappa shape index (κ2) is 14.2. The van der Waals surface area contributed by atoms with Gasteiger partial charge in [0.05, 0.1) is 42.7 Å². The van der Waals surface area contributed by atoms with E-state index in [1.807, 2.05) is 44.7 Å². The van der Waals surface area contributed by atoms with Crippen LogP contribution in [0, 0.1) is 12.7 Å². The Balaban J connectivity index is 0.000000248. The zero-order chi connectivity index (χ0) is 30.2. The minimum absolute atomic E-state index is 0.0560. The van der Waals surface area contributed by atoms with Gasteiger partial charge in [-0.25, -0.2) is 19.2 Å². The third-order valence-corrected chi connectivity index (χ3v) is 6.54. The van der Waals surface area contributed by atoms with Crippen LogP contribution in [0.1, 0.15) is 32.9 Å². The summed E-state index contributed by atoms with van der Waals surface area (Å²) in [6, 6.07) is 11.6. The highest BCUT2D eigenvalue weighted by atomic mass is 79.9. The first-order chi connectivity index (χ1) is 19.4. The number of nitrogens with zero attached hydrogens (tertiary/aromatic N) is 3. The molecular formula is C29H35BrFN5O5. The van der Waals surface area contributed by atoms with E-state index in [-0.39, 0.29) is 24.5 Å². The van der Waals surface area contributed by atoms with E-state index in [4.69, 9.17) is 9.47 Å². The predicted octanol–water partition coefficient (Wildman–Crippen LogP) is 5.08. The lowest BCUT2D eigenvalue weighted by molar-refractivity contribution is -0.105. The Labute approximate surface area is 247 Å². The number of alkyl carbamates (subject to hydrolysis) is 1. The van der Waals surface area contributed by atoms with E-state index in [0.717, 1.165) is 15.9 Å². The van der Waals surface area contributed by atoms with E-state index in [2.05, 4.69) is 36.5 Å². The first kappa shape index (κ1) is 31.8.